The van der Waals surface area contributed by atoms with E-state index in [2.05, 4.69) is 16.0 Å². The zero-order valence-electron chi connectivity index (χ0n) is 17.8. The summed E-state index contributed by atoms with van der Waals surface area (Å²) in [5, 5.41) is 34.4. The molecule has 0 bridgehead atoms. The van der Waals surface area contributed by atoms with Crippen molar-refractivity contribution in [1.82, 2.24) is 16.0 Å². The van der Waals surface area contributed by atoms with Crippen molar-refractivity contribution in [2.45, 2.75) is 57.3 Å². The average molecular weight is 465 g/mol. The second-order valence-electron chi connectivity index (χ2n) is 7.00. The van der Waals surface area contributed by atoms with Crippen LogP contribution in [0, 0.1) is 5.92 Å². The SMILES string of the molecule is CCC(C)C(NC(=O)C(N)CC(=O)O)C(=O)NC(CO)C(=O)NC(CCSC)C(=O)O. The molecular formula is C18H32N4O8S. The van der Waals surface area contributed by atoms with Gasteiger partial charge >= 0.3 is 11.9 Å². The number of carboxylic acids is 2. The Kier molecular flexibility index (Phi) is 13.5. The highest BCUT2D eigenvalue weighted by molar-refractivity contribution is 7.98. The predicted molar refractivity (Wildman–Crippen MR) is 113 cm³/mol. The molecule has 0 aromatic heterocycles. The van der Waals surface area contributed by atoms with Gasteiger partial charge in [0.1, 0.15) is 18.1 Å². The van der Waals surface area contributed by atoms with Crippen LogP contribution < -0.4 is 21.7 Å². The molecule has 0 saturated carbocycles. The summed E-state index contributed by atoms with van der Waals surface area (Å²) in [6, 6.07) is -5.16. The number of amides is 3. The minimum absolute atomic E-state index is 0.154. The van der Waals surface area contributed by atoms with E-state index in [1.54, 1.807) is 20.1 Å². The number of nitrogens with two attached hydrogens (primary N) is 1. The number of hydrogen-bond acceptors (Lipinski definition) is 8. The highest BCUT2D eigenvalue weighted by Crippen LogP contribution is 2.09. The molecule has 178 valence electrons. The van der Waals surface area contributed by atoms with Crippen LogP contribution in [0.25, 0.3) is 0 Å². The number of nitrogens with one attached hydrogen (secondary N) is 3. The third kappa shape index (κ3) is 10.5. The molecule has 31 heavy (non-hydrogen) atoms. The van der Waals surface area contributed by atoms with Gasteiger partial charge in [0.05, 0.1) is 19.1 Å². The number of aliphatic carboxylic acids is 2. The second kappa shape index (κ2) is 14.6. The molecule has 0 aromatic rings. The van der Waals surface area contributed by atoms with Crippen LogP contribution in [-0.2, 0) is 24.0 Å². The summed E-state index contributed by atoms with van der Waals surface area (Å²) in [6.07, 6.45) is 1.76. The molecule has 0 radical (unpaired) electrons. The summed E-state index contributed by atoms with van der Waals surface area (Å²) in [4.78, 5) is 59.2. The molecule has 0 spiro atoms. The number of hydrogen-bond donors (Lipinski definition) is 7. The van der Waals surface area contributed by atoms with Gasteiger partial charge < -0.3 is 37.0 Å². The Morgan fingerprint density at radius 3 is 2.00 bits per heavy atom. The van der Waals surface area contributed by atoms with E-state index in [0.717, 1.165) is 0 Å². The van der Waals surface area contributed by atoms with Gasteiger partial charge in [-0.3, -0.25) is 19.2 Å². The molecule has 0 saturated heterocycles. The maximum atomic E-state index is 12.7. The van der Waals surface area contributed by atoms with E-state index in [1.807, 2.05) is 0 Å². The lowest BCUT2D eigenvalue weighted by Gasteiger charge is -2.27. The smallest absolute Gasteiger partial charge is 0.326 e. The fourth-order valence-corrected chi connectivity index (χ4v) is 2.94. The summed E-state index contributed by atoms with van der Waals surface area (Å²) in [5.41, 5.74) is 5.52. The van der Waals surface area contributed by atoms with E-state index in [0.29, 0.717) is 12.2 Å². The first-order valence-corrected chi connectivity index (χ1v) is 11.1. The monoisotopic (exact) mass is 464 g/mol. The van der Waals surface area contributed by atoms with Gasteiger partial charge in [-0.15, -0.1) is 0 Å². The highest BCUT2D eigenvalue weighted by Gasteiger charge is 2.32. The molecule has 5 atom stereocenters. The lowest BCUT2D eigenvalue weighted by atomic mass is 9.97. The molecular weight excluding hydrogens is 432 g/mol. The van der Waals surface area contributed by atoms with Crippen molar-refractivity contribution >= 4 is 41.4 Å². The Balaban J connectivity index is 5.26. The van der Waals surface area contributed by atoms with Crippen LogP contribution in [0.2, 0.25) is 0 Å². The van der Waals surface area contributed by atoms with Gasteiger partial charge in [-0.2, -0.15) is 11.8 Å². The van der Waals surface area contributed by atoms with Crippen molar-refractivity contribution in [2.24, 2.45) is 11.7 Å². The van der Waals surface area contributed by atoms with Crippen molar-refractivity contribution in [3.05, 3.63) is 0 Å². The number of aliphatic hydroxyl groups is 1. The molecule has 0 aromatic carbocycles. The molecule has 5 unspecified atom stereocenters. The van der Waals surface area contributed by atoms with E-state index in [-0.39, 0.29) is 6.42 Å². The predicted octanol–water partition coefficient (Wildman–Crippen LogP) is -1.88. The summed E-state index contributed by atoms with van der Waals surface area (Å²) in [5.74, 6) is -4.99. The Hall–Kier alpha value is -2.38. The highest BCUT2D eigenvalue weighted by atomic mass is 32.2. The van der Waals surface area contributed by atoms with Crippen molar-refractivity contribution in [3.63, 3.8) is 0 Å². The Morgan fingerprint density at radius 1 is 0.968 bits per heavy atom. The summed E-state index contributed by atoms with van der Waals surface area (Å²) < 4.78 is 0. The summed E-state index contributed by atoms with van der Waals surface area (Å²) in [7, 11) is 0. The maximum Gasteiger partial charge on any atom is 0.326 e. The number of carbonyl (C=O) groups is 5. The molecule has 0 heterocycles. The van der Waals surface area contributed by atoms with Gasteiger partial charge in [-0.1, -0.05) is 20.3 Å². The molecule has 0 aliphatic heterocycles. The quantitative estimate of drug-likeness (QED) is 0.143. The lowest BCUT2D eigenvalue weighted by Crippen LogP contribution is -2.59. The molecule has 12 nitrogen and oxygen atoms in total. The van der Waals surface area contributed by atoms with Crippen LogP contribution in [0.15, 0.2) is 0 Å². The fourth-order valence-electron chi connectivity index (χ4n) is 2.46. The van der Waals surface area contributed by atoms with E-state index < -0.39 is 72.8 Å². The zero-order valence-corrected chi connectivity index (χ0v) is 18.6. The van der Waals surface area contributed by atoms with Crippen LogP contribution in [0.3, 0.4) is 0 Å². The zero-order chi connectivity index (χ0) is 24.1. The molecule has 0 rings (SSSR count). The Morgan fingerprint density at radius 2 is 1.55 bits per heavy atom. The third-order valence-corrected chi connectivity index (χ3v) is 5.21. The van der Waals surface area contributed by atoms with E-state index in [1.165, 1.54) is 11.8 Å². The molecule has 0 aliphatic carbocycles. The van der Waals surface area contributed by atoms with Gasteiger partial charge in [0.15, 0.2) is 0 Å². The van der Waals surface area contributed by atoms with Gasteiger partial charge in [-0.05, 0) is 24.3 Å². The standard InChI is InChI=1S/C18H32N4O8S/c1-4-9(2)14(22-15(26)10(19)7-13(24)25)17(28)21-12(8-23)16(27)20-11(18(29)30)5-6-31-3/h9-12,14,23H,4-8,19H2,1-3H3,(H,20,27)(H,21,28)(H,22,26)(H,24,25)(H,29,30). The normalized spacial score (nSPS) is 15.6. The van der Waals surface area contributed by atoms with E-state index >= 15 is 0 Å². The first-order valence-electron chi connectivity index (χ1n) is 9.69. The Labute approximate surface area is 184 Å². The molecule has 8 N–H and O–H groups in total. The van der Waals surface area contributed by atoms with E-state index in [4.69, 9.17) is 10.8 Å². The van der Waals surface area contributed by atoms with Crippen molar-refractivity contribution in [3.8, 4) is 0 Å². The minimum Gasteiger partial charge on any atom is -0.481 e. The second-order valence-corrected chi connectivity index (χ2v) is 7.99. The van der Waals surface area contributed by atoms with Gasteiger partial charge in [-0.25, -0.2) is 4.79 Å². The third-order valence-electron chi connectivity index (χ3n) is 4.57. The van der Waals surface area contributed by atoms with Crippen LogP contribution in [0.5, 0.6) is 0 Å². The van der Waals surface area contributed by atoms with Gasteiger partial charge in [0.25, 0.3) is 0 Å². The average Bonchev–Trinajstić information content (AvgIpc) is 2.71. The topological polar surface area (TPSA) is 208 Å². The maximum absolute atomic E-state index is 12.7. The van der Waals surface area contributed by atoms with Crippen molar-refractivity contribution < 1.29 is 39.3 Å². The minimum atomic E-state index is -1.44. The summed E-state index contributed by atoms with van der Waals surface area (Å²) in [6.45, 7) is 2.62. The van der Waals surface area contributed by atoms with E-state index in [9.17, 15) is 34.2 Å². The fraction of sp³-hybridized carbons (Fsp3) is 0.722. The summed E-state index contributed by atoms with van der Waals surface area (Å²) >= 11 is 1.40. The lowest BCUT2D eigenvalue weighted by molar-refractivity contribution is -0.142. The van der Waals surface area contributed by atoms with Gasteiger partial charge in [0, 0.05) is 0 Å². The largest absolute Gasteiger partial charge is 0.481 e. The Bertz CT molecular complexity index is 648. The van der Waals surface area contributed by atoms with Crippen LogP contribution in [0.1, 0.15) is 33.1 Å². The van der Waals surface area contributed by atoms with Crippen LogP contribution in [-0.4, -0.2) is 87.8 Å². The number of aliphatic hydroxyl groups excluding tert-OH is 1. The number of rotatable bonds is 15. The molecule has 3 amide bonds. The molecule has 13 heteroatoms. The molecule has 0 aliphatic rings. The number of thioether (sulfide) groups is 1. The van der Waals surface area contributed by atoms with Crippen LogP contribution in [0.4, 0.5) is 0 Å². The van der Waals surface area contributed by atoms with Crippen molar-refractivity contribution in [2.75, 3.05) is 18.6 Å². The number of carbonyl (C=O) groups excluding carboxylic acids is 3. The molecule has 0 fully saturated rings. The van der Waals surface area contributed by atoms with Gasteiger partial charge in [0.2, 0.25) is 17.7 Å². The van der Waals surface area contributed by atoms with Crippen LogP contribution >= 0.6 is 11.8 Å². The first-order chi connectivity index (χ1) is 14.5. The first kappa shape index (κ1) is 28.6. The number of carboxylic acid groups (broad SMARTS) is 2. The van der Waals surface area contributed by atoms with Crippen molar-refractivity contribution in [1.29, 1.82) is 0 Å².